The number of hydrogen-bond donors (Lipinski definition) is 1. The van der Waals surface area contributed by atoms with Crippen molar-refractivity contribution in [1.29, 1.82) is 0 Å². The summed E-state index contributed by atoms with van der Waals surface area (Å²) in [7, 11) is 0. The summed E-state index contributed by atoms with van der Waals surface area (Å²) < 4.78 is 41.9. The lowest BCUT2D eigenvalue weighted by atomic mass is 10.1. The number of aliphatic hydroxyl groups excluding tert-OH is 1. The lowest BCUT2D eigenvalue weighted by molar-refractivity contribution is 0.00447. The molecule has 0 fully saturated rings. The van der Waals surface area contributed by atoms with Crippen LogP contribution in [0.25, 0.3) is 0 Å². The van der Waals surface area contributed by atoms with E-state index in [1.807, 2.05) is 0 Å². The molecule has 1 aromatic carbocycles. The second-order valence-electron chi connectivity index (χ2n) is 3.41. The van der Waals surface area contributed by atoms with Crippen LogP contribution in [-0.4, -0.2) is 24.7 Å². The fraction of sp³-hybridized carbons (Fsp3) is 0.455. The smallest absolute Gasteiger partial charge is 0.261 e. The molecule has 0 saturated heterocycles. The van der Waals surface area contributed by atoms with Crippen molar-refractivity contribution >= 4 is 15.9 Å². The number of ether oxygens (including phenoxy) is 1. The van der Waals surface area contributed by atoms with Gasteiger partial charge in [-0.15, -0.1) is 0 Å². The van der Waals surface area contributed by atoms with Crippen LogP contribution in [0.4, 0.5) is 13.2 Å². The topological polar surface area (TPSA) is 29.5 Å². The third kappa shape index (κ3) is 4.65. The molecular formula is C11H12BrF3O2. The van der Waals surface area contributed by atoms with Gasteiger partial charge in [0.25, 0.3) is 6.43 Å². The molecule has 96 valence electrons. The zero-order chi connectivity index (χ0) is 12.8. The first-order valence-corrected chi connectivity index (χ1v) is 5.79. The summed E-state index contributed by atoms with van der Waals surface area (Å²) in [5.41, 5.74) is 0.125. The summed E-state index contributed by atoms with van der Waals surface area (Å²) in [6.07, 6.45) is -3.53. The summed E-state index contributed by atoms with van der Waals surface area (Å²) in [4.78, 5) is 0. The van der Waals surface area contributed by atoms with Crippen LogP contribution in [0.3, 0.4) is 0 Å². The van der Waals surface area contributed by atoms with E-state index < -0.39 is 25.0 Å². The Balaban J connectivity index is 2.47. The second-order valence-corrected chi connectivity index (χ2v) is 4.27. The second kappa shape index (κ2) is 6.98. The predicted octanol–water partition coefficient (Wildman–Crippen LogP) is 3.29. The molecule has 6 heteroatoms. The molecule has 0 saturated carbocycles. The van der Waals surface area contributed by atoms with Gasteiger partial charge in [0.2, 0.25) is 0 Å². The fourth-order valence-corrected chi connectivity index (χ4v) is 1.68. The van der Waals surface area contributed by atoms with E-state index >= 15 is 0 Å². The van der Waals surface area contributed by atoms with E-state index in [2.05, 4.69) is 20.7 Å². The van der Waals surface area contributed by atoms with Gasteiger partial charge in [-0.2, -0.15) is 0 Å². The molecule has 0 aliphatic carbocycles. The number of halogens is 4. The molecule has 0 spiro atoms. The van der Waals surface area contributed by atoms with Gasteiger partial charge >= 0.3 is 0 Å². The van der Waals surface area contributed by atoms with Crippen molar-refractivity contribution in [3.05, 3.63) is 34.1 Å². The van der Waals surface area contributed by atoms with Crippen molar-refractivity contribution < 1.29 is 23.0 Å². The quantitative estimate of drug-likeness (QED) is 0.817. The number of rotatable bonds is 6. The third-order valence-corrected chi connectivity index (χ3v) is 2.73. The van der Waals surface area contributed by atoms with Crippen molar-refractivity contribution in [2.24, 2.45) is 0 Å². The van der Waals surface area contributed by atoms with Crippen LogP contribution >= 0.6 is 15.9 Å². The molecule has 1 atom stereocenters. The minimum Gasteiger partial charge on any atom is -0.388 e. The van der Waals surface area contributed by atoms with Gasteiger partial charge in [-0.25, -0.2) is 13.2 Å². The molecule has 1 rings (SSSR count). The summed E-state index contributed by atoms with van der Waals surface area (Å²) in [6, 6.07) is 4.54. The highest BCUT2D eigenvalue weighted by atomic mass is 79.9. The molecule has 0 amide bonds. The summed E-state index contributed by atoms with van der Waals surface area (Å²) in [5.74, 6) is -0.547. The van der Waals surface area contributed by atoms with Crippen LogP contribution in [-0.2, 0) is 4.74 Å². The molecule has 0 bridgehead atoms. The SMILES string of the molecule is OC(CCOCC(F)F)c1cccc(Br)c1F. The highest BCUT2D eigenvalue weighted by Gasteiger charge is 2.14. The van der Waals surface area contributed by atoms with E-state index in [1.165, 1.54) is 12.1 Å². The lowest BCUT2D eigenvalue weighted by Crippen LogP contribution is -2.09. The van der Waals surface area contributed by atoms with Gasteiger partial charge in [-0.3, -0.25) is 0 Å². The largest absolute Gasteiger partial charge is 0.388 e. The Morgan fingerprint density at radius 1 is 1.35 bits per heavy atom. The van der Waals surface area contributed by atoms with Crippen molar-refractivity contribution in [1.82, 2.24) is 0 Å². The van der Waals surface area contributed by atoms with Crippen LogP contribution in [0.15, 0.2) is 22.7 Å². The number of benzene rings is 1. The molecule has 1 unspecified atom stereocenters. The molecular weight excluding hydrogens is 301 g/mol. The maximum atomic E-state index is 13.5. The predicted molar refractivity (Wildman–Crippen MR) is 60.5 cm³/mol. The zero-order valence-corrected chi connectivity index (χ0v) is 10.5. The normalized spacial score (nSPS) is 13.1. The molecule has 1 aromatic rings. The minimum atomic E-state index is -2.53. The van der Waals surface area contributed by atoms with E-state index in [0.717, 1.165) is 0 Å². The van der Waals surface area contributed by atoms with Crippen LogP contribution < -0.4 is 0 Å². The molecule has 0 aliphatic heterocycles. The highest BCUT2D eigenvalue weighted by molar-refractivity contribution is 9.10. The van der Waals surface area contributed by atoms with E-state index in [0.29, 0.717) is 0 Å². The highest BCUT2D eigenvalue weighted by Crippen LogP contribution is 2.25. The van der Waals surface area contributed by atoms with Crippen LogP contribution in [0.2, 0.25) is 0 Å². The monoisotopic (exact) mass is 312 g/mol. The zero-order valence-electron chi connectivity index (χ0n) is 8.88. The van der Waals surface area contributed by atoms with Gasteiger partial charge in [0.05, 0.1) is 10.6 Å². The molecule has 17 heavy (non-hydrogen) atoms. The van der Waals surface area contributed by atoms with Crippen molar-refractivity contribution in [3.63, 3.8) is 0 Å². The van der Waals surface area contributed by atoms with Crippen LogP contribution in [0, 0.1) is 5.82 Å². The fourth-order valence-electron chi connectivity index (χ4n) is 1.30. The Bertz CT molecular complexity index is 361. The van der Waals surface area contributed by atoms with E-state index in [4.69, 9.17) is 0 Å². The average Bonchev–Trinajstić information content (AvgIpc) is 2.27. The summed E-state index contributed by atoms with van der Waals surface area (Å²) in [6.45, 7) is -0.717. The molecule has 0 radical (unpaired) electrons. The van der Waals surface area contributed by atoms with Gasteiger partial charge in [0, 0.05) is 18.6 Å². The molecule has 0 heterocycles. The first-order chi connectivity index (χ1) is 8.02. The van der Waals surface area contributed by atoms with Crippen LogP contribution in [0.5, 0.6) is 0 Å². The average molecular weight is 313 g/mol. The maximum Gasteiger partial charge on any atom is 0.261 e. The van der Waals surface area contributed by atoms with E-state index in [9.17, 15) is 18.3 Å². The van der Waals surface area contributed by atoms with E-state index in [-0.39, 0.29) is 23.1 Å². The van der Waals surface area contributed by atoms with Gasteiger partial charge in [0.1, 0.15) is 12.4 Å². The Hall–Kier alpha value is -0.590. The van der Waals surface area contributed by atoms with Gasteiger partial charge < -0.3 is 9.84 Å². The van der Waals surface area contributed by atoms with Crippen LogP contribution in [0.1, 0.15) is 18.1 Å². The molecule has 0 aromatic heterocycles. The van der Waals surface area contributed by atoms with Gasteiger partial charge in [-0.1, -0.05) is 12.1 Å². The van der Waals surface area contributed by atoms with Gasteiger partial charge in [-0.05, 0) is 22.0 Å². The van der Waals surface area contributed by atoms with E-state index in [1.54, 1.807) is 6.07 Å². The standard InChI is InChI=1S/C11H12BrF3O2/c12-8-3-1-2-7(11(8)15)9(16)4-5-17-6-10(13)14/h1-3,9-10,16H,4-6H2. The van der Waals surface area contributed by atoms with Crippen molar-refractivity contribution in [3.8, 4) is 0 Å². The number of aliphatic hydroxyl groups is 1. The first-order valence-electron chi connectivity index (χ1n) is 5.00. The first kappa shape index (κ1) is 14.5. The lowest BCUT2D eigenvalue weighted by Gasteiger charge is -2.12. The Morgan fingerprint density at radius 2 is 2.06 bits per heavy atom. The molecule has 0 aliphatic rings. The summed E-state index contributed by atoms with van der Waals surface area (Å²) in [5, 5.41) is 9.66. The van der Waals surface area contributed by atoms with Crippen molar-refractivity contribution in [2.75, 3.05) is 13.2 Å². The van der Waals surface area contributed by atoms with Gasteiger partial charge in [0.15, 0.2) is 0 Å². The molecule has 2 nitrogen and oxygen atoms in total. The maximum absolute atomic E-state index is 13.5. The Labute approximate surface area is 106 Å². The number of alkyl halides is 2. The minimum absolute atomic E-state index is 0.0442. The third-order valence-electron chi connectivity index (χ3n) is 2.12. The summed E-state index contributed by atoms with van der Waals surface area (Å²) >= 11 is 3.00. The number of hydrogen-bond acceptors (Lipinski definition) is 2. The molecule has 1 N–H and O–H groups in total. The Morgan fingerprint density at radius 3 is 2.71 bits per heavy atom. The Kier molecular flexibility index (Phi) is 5.94. The van der Waals surface area contributed by atoms with Crippen molar-refractivity contribution in [2.45, 2.75) is 19.0 Å².